The van der Waals surface area contributed by atoms with Crippen molar-refractivity contribution in [3.8, 4) is 11.5 Å². The van der Waals surface area contributed by atoms with Gasteiger partial charge in [0, 0.05) is 32.1 Å². The van der Waals surface area contributed by atoms with Crippen LogP contribution in [-0.4, -0.2) is 42.1 Å². The van der Waals surface area contributed by atoms with Crippen LogP contribution >= 0.6 is 0 Å². The highest BCUT2D eigenvalue weighted by molar-refractivity contribution is 5.79. The van der Waals surface area contributed by atoms with E-state index in [-0.39, 0.29) is 12.0 Å². The zero-order valence-electron chi connectivity index (χ0n) is 13.9. The number of benzene rings is 1. The van der Waals surface area contributed by atoms with Crippen LogP contribution in [0.4, 0.5) is 0 Å². The average Bonchev–Trinajstić information content (AvgIpc) is 2.63. The van der Waals surface area contributed by atoms with E-state index in [0.717, 1.165) is 43.0 Å². The maximum absolute atomic E-state index is 12.5. The smallest absolute Gasteiger partial charge is 0.226 e. The summed E-state index contributed by atoms with van der Waals surface area (Å²) in [7, 11) is 1.63. The maximum atomic E-state index is 12.5. The number of methoxy groups -OCH3 is 1. The zero-order chi connectivity index (χ0) is 16.8. The molecule has 1 aromatic carbocycles. The maximum Gasteiger partial charge on any atom is 0.226 e. The van der Waals surface area contributed by atoms with E-state index in [2.05, 4.69) is 4.98 Å². The van der Waals surface area contributed by atoms with Crippen molar-refractivity contribution < 1.29 is 14.3 Å². The third-order valence-electron chi connectivity index (χ3n) is 4.22. The molecule has 3 rings (SSSR count). The number of piperidine rings is 1. The van der Waals surface area contributed by atoms with E-state index in [0.29, 0.717) is 6.42 Å². The first kappa shape index (κ1) is 16.3. The van der Waals surface area contributed by atoms with Crippen LogP contribution in [-0.2, 0) is 11.2 Å². The number of likely N-dealkylation sites (tertiary alicyclic amines) is 1. The molecule has 0 saturated carbocycles. The molecule has 1 aromatic heterocycles. The molecule has 24 heavy (non-hydrogen) atoms. The highest BCUT2D eigenvalue weighted by Gasteiger charge is 2.24. The predicted octanol–water partition coefficient (Wildman–Crippen LogP) is 2.70. The average molecular weight is 326 g/mol. The third-order valence-corrected chi connectivity index (χ3v) is 4.22. The van der Waals surface area contributed by atoms with Crippen molar-refractivity contribution in [2.45, 2.75) is 25.4 Å². The predicted molar refractivity (Wildman–Crippen MR) is 91.2 cm³/mol. The Labute approximate surface area is 142 Å². The summed E-state index contributed by atoms with van der Waals surface area (Å²) in [6.45, 7) is 1.46. The van der Waals surface area contributed by atoms with E-state index in [9.17, 15) is 4.79 Å². The normalized spacial score (nSPS) is 15.1. The molecule has 0 radical (unpaired) electrons. The minimum atomic E-state index is 0.148. The Kier molecular flexibility index (Phi) is 5.31. The van der Waals surface area contributed by atoms with Gasteiger partial charge in [-0.3, -0.25) is 9.78 Å². The molecule has 0 bridgehead atoms. The van der Waals surface area contributed by atoms with Crippen LogP contribution < -0.4 is 9.47 Å². The number of hydrogen-bond donors (Lipinski definition) is 0. The summed E-state index contributed by atoms with van der Waals surface area (Å²) in [5.41, 5.74) is 0.980. The summed E-state index contributed by atoms with van der Waals surface area (Å²) in [6.07, 6.45) is 5.70. The van der Waals surface area contributed by atoms with Gasteiger partial charge in [-0.05, 0) is 29.8 Å². The van der Waals surface area contributed by atoms with Gasteiger partial charge in [-0.25, -0.2) is 0 Å². The molecule has 126 valence electrons. The van der Waals surface area contributed by atoms with E-state index in [4.69, 9.17) is 9.47 Å². The van der Waals surface area contributed by atoms with Crippen LogP contribution in [0.5, 0.6) is 11.5 Å². The summed E-state index contributed by atoms with van der Waals surface area (Å²) in [6, 6.07) is 11.4. The molecule has 5 nitrogen and oxygen atoms in total. The number of pyridine rings is 1. The molecule has 0 atom stereocenters. The van der Waals surface area contributed by atoms with Gasteiger partial charge in [0.2, 0.25) is 5.91 Å². The van der Waals surface area contributed by atoms with Crippen molar-refractivity contribution in [3.63, 3.8) is 0 Å². The van der Waals surface area contributed by atoms with Gasteiger partial charge in [-0.2, -0.15) is 0 Å². The highest BCUT2D eigenvalue weighted by Crippen LogP contribution is 2.19. The summed E-state index contributed by atoms with van der Waals surface area (Å²) < 4.78 is 11.1. The van der Waals surface area contributed by atoms with E-state index in [1.165, 1.54) is 0 Å². The lowest BCUT2D eigenvalue weighted by molar-refractivity contribution is -0.132. The minimum Gasteiger partial charge on any atom is -0.497 e. The summed E-state index contributed by atoms with van der Waals surface area (Å²) in [4.78, 5) is 18.4. The van der Waals surface area contributed by atoms with Crippen LogP contribution in [0.2, 0.25) is 0 Å². The molecule has 2 aromatic rings. The van der Waals surface area contributed by atoms with Gasteiger partial charge < -0.3 is 14.4 Å². The largest absolute Gasteiger partial charge is 0.497 e. The van der Waals surface area contributed by atoms with E-state index < -0.39 is 0 Å². The monoisotopic (exact) mass is 326 g/mol. The number of amides is 1. The first-order valence-corrected chi connectivity index (χ1v) is 8.22. The van der Waals surface area contributed by atoms with Gasteiger partial charge in [0.25, 0.3) is 0 Å². The Morgan fingerprint density at radius 2 is 2.00 bits per heavy atom. The van der Waals surface area contributed by atoms with E-state index in [1.807, 2.05) is 41.3 Å². The molecule has 1 fully saturated rings. The van der Waals surface area contributed by atoms with Crippen molar-refractivity contribution in [2.75, 3.05) is 20.2 Å². The molecule has 0 unspecified atom stereocenters. The van der Waals surface area contributed by atoms with Crippen LogP contribution in [0.15, 0.2) is 48.8 Å². The molecule has 0 aliphatic carbocycles. The molecule has 1 aliphatic heterocycles. The van der Waals surface area contributed by atoms with Gasteiger partial charge >= 0.3 is 0 Å². The SMILES string of the molecule is COc1cccc(CC(=O)N2CCC(Oc3cccnc3)CC2)c1. The second kappa shape index (κ2) is 7.81. The lowest BCUT2D eigenvalue weighted by Gasteiger charge is -2.32. The first-order chi connectivity index (χ1) is 11.7. The number of carbonyl (C=O) groups excluding carboxylic acids is 1. The lowest BCUT2D eigenvalue weighted by Crippen LogP contribution is -2.42. The first-order valence-electron chi connectivity index (χ1n) is 8.22. The Morgan fingerprint density at radius 3 is 2.71 bits per heavy atom. The van der Waals surface area contributed by atoms with E-state index in [1.54, 1.807) is 19.5 Å². The molecular formula is C19H22N2O3. The van der Waals surface area contributed by atoms with Crippen molar-refractivity contribution in [2.24, 2.45) is 0 Å². The number of hydrogen-bond acceptors (Lipinski definition) is 4. The van der Waals surface area contributed by atoms with Gasteiger partial charge in [0.05, 0.1) is 19.7 Å². The van der Waals surface area contributed by atoms with E-state index >= 15 is 0 Å². The van der Waals surface area contributed by atoms with Crippen LogP contribution in [0.1, 0.15) is 18.4 Å². The third kappa shape index (κ3) is 4.25. The zero-order valence-corrected chi connectivity index (χ0v) is 13.9. The van der Waals surface area contributed by atoms with Crippen molar-refractivity contribution in [1.29, 1.82) is 0 Å². The molecule has 1 amide bonds. The number of rotatable bonds is 5. The molecular weight excluding hydrogens is 304 g/mol. The topological polar surface area (TPSA) is 51.7 Å². The van der Waals surface area contributed by atoms with Crippen LogP contribution in [0.25, 0.3) is 0 Å². The fourth-order valence-electron chi connectivity index (χ4n) is 2.90. The van der Waals surface area contributed by atoms with Gasteiger partial charge in [0.15, 0.2) is 0 Å². The van der Waals surface area contributed by atoms with Gasteiger partial charge in [0.1, 0.15) is 17.6 Å². The van der Waals surface area contributed by atoms with Crippen LogP contribution in [0.3, 0.4) is 0 Å². The molecule has 0 N–H and O–H groups in total. The minimum absolute atomic E-state index is 0.148. The second-order valence-electron chi connectivity index (χ2n) is 5.92. The number of aromatic nitrogens is 1. The second-order valence-corrected chi connectivity index (χ2v) is 5.92. The van der Waals surface area contributed by atoms with Crippen molar-refractivity contribution in [3.05, 3.63) is 54.4 Å². The van der Waals surface area contributed by atoms with Crippen molar-refractivity contribution >= 4 is 5.91 Å². The van der Waals surface area contributed by atoms with Crippen LogP contribution in [0, 0.1) is 0 Å². The Balaban J connectivity index is 1.49. The van der Waals surface area contributed by atoms with Gasteiger partial charge in [-0.15, -0.1) is 0 Å². The lowest BCUT2D eigenvalue weighted by atomic mass is 10.1. The molecule has 1 aliphatic rings. The highest BCUT2D eigenvalue weighted by atomic mass is 16.5. The fourth-order valence-corrected chi connectivity index (χ4v) is 2.90. The van der Waals surface area contributed by atoms with Gasteiger partial charge in [-0.1, -0.05) is 12.1 Å². The fraction of sp³-hybridized carbons (Fsp3) is 0.368. The number of carbonyl (C=O) groups is 1. The molecule has 1 saturated heterocycles. The quantitative estimate of drug-likeness (QED) is 0.848. The Morgan fingerprint density at radius 1 is 1.21 bits per heavy atom. The summed E-state index contributed by atoms with van der Waals surface area (Å²) in [5, 5.41) is 0. The number of ether oxygens (including phenoxy) is 2. The number of nitrogens with zero attached hydrogens (tertiary/aromatic N) is 2. The summed E-state index contributed by atoms with van der Waals surface area (Å²) >= 11 is 0. The standard InChI is InChI=1S/C19H22N2O3/c1-23-17-5-2-4-15(12-17)13-19(22)21-10-7-16(8-11-21)24-18-6-3-9-20-14-18/h2-6,9,12,14,16H,7-8,10-11,13H2,1H3. The summed E-state index contributed by atoms with van der Waals surface area (Å²) in [5.74, 6) is 1.73. The molecule has 0 spiro atoms. The Hall–Kier alpha value is -2.56. The van der Waals surface area contributed by atoms with Crippen molar-refractivity contribution in [1.82, 2.24) is 9.88 Å². The Bertz CT molecular complexity index is 667. The molecule has 5 heteroatoms. The molecule has 2 heterocycles.